The van der Waals surface area contributed by atoms with E-state index in [1.54, 1.807) is 0 Å². The fourth-order valence-electron chi connectivity index (χ4n) is 1.24. The van der Waals surface area contributed by atoms with Crippen LogP contribution < -0.4 is 10.5 Å². The first kappa shape index (κ1) is 11.0. The number of nitrogens with two attached hydrogens (primary N) is 1. The third kappa shape index (κ3) is 3.34. The van der Waals surface area contributed by atoms with Crippen molar-refractivity contribution in [3.8, 4) is 5.75 Å². The number of alkyl halides is 1. The summed E-state index contributed by atoms with van der Waals surface area (Å²) in [5.74, 6) is 0.825. The van der Waals surface area contributed by atoms with E-state index < -0.39 is 0 Å². The molecule has 1 aromatic rings. The Bertz CT molecular complexity index is 265. The Balaban J connectivity index is 2.55. The topological polar surface area (TPSA) is 35.2 Å². The molecule has 0 aliphatic carbocycles. The highest BCUT2D eigenvalue weighted by Crippen LogP contribution is 2.18. The second kappa shape index (κ2) is 6.38. The van der Waals surface area contributed by atoms with E-state index in [2.05, 4.69) is 0 Å². The van der Waals surface area contributed by atoms with Gasteiger partial charge in [0.2, 0.25) is 0 Å². The summed E-state index contributed by atoms with van der Waals surface area (Å²) in [5.41, 5.74) is 6.56. The summed E-state index contributed by atoms with van der Waals surface area (Å²) < 4.78 is 17.3. The van der Waals surface area contributed by atoms with Crippen LogP contribution in [0.3, 0.4) is 0 Å². The van der Waals surface area contributed by atoms with Crippen molar-refractivity contribution in [3.05, 3.63) is 29.8 Å². The van der Waals surface area contributed by atoms with Gasteiger partial charge >= 0.3 is 0 Å². The summed E-state index contributed by atoms with van der Waals surface area (Å²) in [6.07, 6.45) is 1.24. The molecule has 1 rings (SSSR count). The summed E-state index contributed by atoms with van der Waals surface area (Å²) >= 11 is 0. The van der Waals surface area contributed by atoms with E-state index in [-0.39, 0.29) is 6.67 Å². The first-order valence-corrected chi connectivity index (χ1v) is 4.85. The number of hydrogen-bond acceptors (Lipinski definition) is 2. The van der Waals surface area contributed by atoms with Gasteiger partial charge < -0.3 is 10.5 Å². The lowest BCUT2D eigenvalue weighted by atomic mass is 10.1. The summed E-state index contributed by atoms with van der Waals surface area (Å²) in [4.78, 5) is 0. The molecule has 2 N–H and O–H groups in total. The van der Waals surface area contributed by atoms with Crippen LogP contribution in [-0.4, -0.2) is 19.8 Å². The maximum Gasteiger partial charge on any atom is 0.122 e. The van der Waals surface area contributed by atoms with Gasteiger partial charge in [0.15, 0.2) is 0 Å². The van der Waals surface area contributed by atoms with Crippen molar-refractivity contribution in [3.63, 3.8) is 0 Å². The van der Waals surface area contributed by atoms with Crippen molar-refractivity contribution in [2.24, 2.45) is 5.73 Å². The molecule has 0 spiro atoms. The van der Waals surface area contributed by atoms with E-state index in [1.807, 2.05) is 24.3 Å². The molecule has 0 aliphatic rings. The molecule has 0 bridgehead atoms. The smallest absolute Gasteiger partial charge is 0.122 e. The summed E-state index contributed by atoms with van der Waals surface area (Å²) in [6, 6.07) is 7.73. The Kier molecular flexibility index (Phi) is 5.00. The SMILES string of the molecule is NCCc1ccccc1OCCCF. The third-order valence-corrected chi connectivity index (χ3v) is 1.92. The number of para-hydroxylation sites is 1. The fraction of sp³-hybridized carbons (Fsp3) is 0.455. The summed E-state index contributed by atoms with van der Waals surface area (Å²) in [6.45, 7) is 0.695. The van der Waals surface area contributed by atoms with Crippen molar-refractivity contribution in [1.29, 1.82) is 0 Å². The Morgan fingerprint density at radius 1 is 1.29 bits per heavy atom. The maximum atomic E-state index is 11.8. The molecule has 3 heteroatoms. The van der Waals surface area contributed by atoms with Crippen LogP contribution in [-0.2, 0) is 6.42 Å². The molecule has 0 atom stereocenters. The zero-order valence-corrected chi connectivity index (χ0v) is 8.21. The molecule has 0 radical (unpaired) electrons. The van der Waals surface area contributed by atoms with Crippen molar-refractivity contribution in [2.45, 2.75) is 12.8 Å². The number of hydrogen-bond donors (Lipinski definition) is 1. The summed E-state index contributed by atoms with van der Waals surface area (Å²) in [7, 11) is 0. The van der Waals surface area contributed by atoms with E-state index in [9.17, 15) is 4.39 Å². The second-order valence-electron chi connectivity index (χ2n) is 3.04. The van der Waals surface area contributed by atoms with Crippen LogP contribution in [0.25, 0.3) is 0 Å². The largest absolute Gasteiger partial charge is 0.493 e. The average Bonchev–Trinajstić information content (AvgIpc) is 2.21. The van der Waals surface area contributed by atoms with Crippen LogP contribution in [0.15, 0.2) is 24.3 Å². The Morgan fingerprint density at radius 3 is 2.79 bits per heavy atom. The first-order valence-electron chi connectivity index (χ1n) is 4.85. The molecule has 0 unspecified atom stereocenters. The normalized spacial score (nSPS) is 10.1. The lowest BCUT2D eigenvalue weighted by molar-refractivity contribution is 0.287. The van der Waals surface area contributed by atoms with Gasteiger partial charge in [0.05, 0.1) is 13.3 Å². The quantitative estimate of drug-likeness (QED) is 0.707. The molecular weight excluding hydrogens is 181 g/mol. The Morgan fingerprint density at radius 2 is 2.07 bits per heavy atom. The Labute approximate surface area is 83.9 Å². The minimum absolute atomic E-state index is 0.334. The predicted octanol–water partition coefficient (Wildman–Crippen LogP) is 1.93. The van der Waals surface area contributed by atoms with Crippen LogP contribution in [0.2, 0.25) is 0 Å². The molecule has 0 saturated carbocycles. The van der Waals surface area contributed by atoms with Crippen LogP contribution in [0, 0.1) is 0 Å². The minimum Gasteiger partial charge on any atom is -0.493 e. The number of benzene rings is 1. The standard InChI is InChI=1S/C11H16FNO/c12-7-3-9-14-11-5-2-1-4-10(11)6-8-13/h1-2,4-5H,3,6-9,13H2. The molecule has 2 nitrogen and oxygen atoms in total. The highest BCUT2D eigenvalue weighted by atomic mass is 19.1. The fourth-order valence-corrected chi connectivity index (χ4v) is 1.24. The highest BCUT2D eigenvalue weighted by molar-refractivity contribution is 5.33. The minimum atomic E-state index is -0.334. The van der Waals surface area contributed by atoms with E-state index >= 15 is 0 Å². The molecule has 78 valence electrons. The molecule has 0 aromatic heterocycles. The van der Waals surface area contributed by atoms with Gasteiger partial charge in [-0.1, -0.05) is 18.2 Å². The van der Waals surface area contributed by atoms with E-state index in [4.69, 9.17) is 10.5 Å². The van der Waals surface area contributed by atoms with Gasteiger partial charge in [-0.05, 0) is 24.6 Å². The highest BCUT2D eigenvalue weighted by Gasteiger charge is 2.00. The molecule has 0 heterocycles. The van der Waals surface area contributed by atoms with Crippen LogP contribution >= 0.6 is 0 Å². The van der Waals surface area contributed by atoms with Gasteiger partial charge in [-0.25, -0.2) is 0 Å². The van der Waals surface area contributed by atoms with Gasteiger partial charge in [0, 0.05) is 6.42 Å². The summed E-state index contributed by atoms with van der Waals surface area (Å²) in [5, 5.41) is 0. The number of ether oxygens (including phenoxy) is 1. The van der Waals surface area contributed by atoms with Crippen LogP contribution in [0.5, 0.6) is 5.75 Å². The van der Waals surface area contributed by atoms with Crippen molar-refractivity contribution in [1.82, 2.24) is 0 Å². The zero-order valence-electron chi connectivity index (χ0n) is 8.21. The monoisotopic (exact) mass is 197 g/mol. The van der Waals surface area contributed by atoms with Crippen molar-refractivity contribution in [2.75, 3.05) is 19.8 Å². The van der Waals surface area contributed by atoms with Gasteiger partial charge in [-0.2, -0.15) is 0 Å². The van der Waals surface area contributed by atoms with Gasteiger partial charge in [0.1, 0.15) is 5.75 Å². The lowest BCUT2D eigenvalue weighted by Crippen LogP contribution is -2.06. The van der Waals surface area contributed by atoms with E-state index in [1.165, 1.54) is 0 Å². The van der Waals surface area contributed by atoms with E-state index in [0.717, 1.165) is 17.7 Å². The van der Waals surface area contributed by atoms with E-state index in [0.29, 0.717) is 19.6 Å². The number of rotatable bonds is 6. The second-order valence-corrected chi connectivity index (χ2v) is 3.04. The molecule has 0 amide bonds. The molecule has 1 aromatic carbocycles. The third-order valence-electron chi connectivity index (χ3n) is 1.92. The van der Waals surface area contributed by atoms with Crippen molar-refractivity contribution < 1.29 is 9.13 Å². The molecule has 0 aliphatic heterocycles. The predicted molar refractivity (Wildman–Crippen MR) is 55.3 cm³/mol. The van der Waals surface area contributed by atoms with Gasteiger partial charge in [-0.3, -0.25) is 4.39 Å². The molecular formula is C11H16FNO. The molecule has 14 heavy (non-hydrogen) atoms. The maximum absolute atomic E-state index is 11.8. The zero-order chi connectivity index (χ0) is 10.2. The Hall–Kier alpha value is -1.09. The van der Waals surface area contributed by atoms with Gasteiger partial charge in [0.25, 0.3) is 0 Å². The van der Waals surface area contributed by atoms with Crippen LogP contribution in [0.4, 0.5) is 4.39 Å². The van der Waals surface area contributed by atoms with Crippen LogP contribution in [0.1, 0.15) is 12.0 Å². The molecule has 0 fully saturated rings. The average molecular weight is 197 g/mol. The lowest BCUT2D eigenvalue weighted by Gasteiger charge is -2.09. The molecule has 0 saturated heterocycles. The number of halogens is 1. The van der Waals surface area contributed by atoms with Crippen molar-refractivity contribution >= 4 is 0 Å². The first-order chi connectivity index (χ1) is 6.88. The van der Waals surface area contributed by atoms with Gasteiger partial charge in [-0.15, -0.1) is 0 Å².